The maximum Gasteiger partial charge on any atom is 0.0589 e. The third-order valence-corrected chi connectivity index (χ3v) is 1.59. The van der Waals surface area contributed by atoms with Crippen molar-refractivity contribution in [2.75, 3.05) is 13.2 Å². The van der Waals surface area contributed by atoms with E-state index in [1.807, 2.05) is 0 Å². The van der Waals surface area contributed by atoms with Crippen LogP contribution in [-0.4, -0.2) is 24.3 Å². The molecular formula is C8H17NO. The zero-order valence-electron chi connectivity index (χ0n) is 7.02. The van der Waals surface area contributed by atoms with Crippen molar-refractivity contribution in [3.8, 4) is 0 Å². The van der Waals surface area contributed by atoms with Gasteiger partial charge in [0.1, 0.15) is 0 Å². The van der Waals surface area contributed by atoms with Crippen LogP contribution in [0.15, 0.2) is 0 Å². The summed E-state index contributed by atoms with van der Waals surface area (Å²) in [6, 6.07) is 0.0949. The number of rotatable bonds is 3. The topological polar surface area (TPSA) is 32.3 Å². The highest BCUT2D eigenvalue weighted by Crippen LogP contribution is 2.18. The summed E-state index contributed by atoms with van der Waals surface area (Å²) >= 11 is 0. The van der Waals surface area contributed by atoms with Crippen LogP contribution in [0.1, 0.15) is 20.8 Å². The summed E-state index contributed by atoms with van der Waals surface area (Å²) in [4.78, 5) is 0. The fraction of sp³-hybridized carbons (Fsp3) is 0.875. The number of hydrogen-bond donors (Lipinski definition) is 2. The van der Waals surface area contributed by atoms with Gasteiger partial charge in [-0.05, 0) is 18.9 Å². The summed E-state index contributed by atoms with van der Waals surface area (Å²) in [5.74, 6) is 0. The van der Waals surface area contributed by atoms with E-state index in [1.54, 1.807) is 0 Å². The Balaban J connectivity index is 3.81. The van der Waals surface area contributed by atoms with Gasteiger partial charge in [-0.25, -0.2) is 0 Å². The van der Waals surface area contributed by atoms with Gasteiger partial charge in [-0.15, -0.1) is 0 Å². The van der Waals surface area contributed by atoms with Crippen LogP contribution in [0.25, 0.3) is 0 Å². The molecule has 0 heterocycles. The van der Waals surface area contributed by atoms with E-state index >= 15 is 0 Å². The molecule has 2 radical (unpaired) electrons. The van der Waals surface area contributed by atoms with E-state index in [9.17, 15) is 0 Å². The van der Waals surface area contributed by atoms with Gasteiger partial charge in [0.25, 0.3) is 0 Å². The van der Waals surface area contributed by atoms with Gasteiger partial charge < -0.3 is 10.4 Å². The van der Waals surface area contributed by atoms with Crippen molar-refractivity contribution in [1.29, 1.82) is 0 Å². The van der Waals surface area contributed by atoms with Crippen molar-refractivity contribution in [2.24, 2.45) is 5.41 Å². The summed E-state index contributed by atoms with van der Waals surface area (Å²) in [6.07, 6.45) is 0. The van der Waals surface area contributed by atoms with Crippen molar-refractivity contribution >= 4 is 0 Å². The van der Waals surface area contributed by atoms with Gasteiger partial charge in [-0.1, -0.05) is 20.8 Å². The smallest absolute Gasteiger partial charge is 0.0589 e. The molecule has 0 aliphatic rings. The molecular weight excluding hydrogens is 126 g/mol. The highest BCUT2D eigenvalue weighted by molar-refractivity contribution is 4.79. The molecule has 2 N–H and O–H groups in total. The summed E-state index contributed by atoms with van der Waals surface area (Å²) in [6.45, 7) is 12.0. The first kappa shape index (κ1) is 9.92. The molecule has 0 spiro atoms. The van der Waals surface area contributed by atoms with Crippen molar-refractivity contribution < 1.29 is 5.11 Å². The van der Waals surface area contributed by atoms with Crippen LogP contribution >= 0.6 is 0 Å². The Labute approximate surface area is 63.6 Å². The van der Waals surface area contributed by atoms with E-state index in [0.717, 1.165) is 0 Å². The minimum absolute atomic E-state index is 0.0775. The Bertz CT molecular complexity index is 85.7. The average Bonchev–Trinajstić information content (AvgIpc) is 1.80. The molecule has 0 saturated heterocycles. The Morgan fingerprint density at radius 3 is 2.10 bits per heavy atom. The van der Waals surface area contributed by atoms with E-state index in [-0.39, 0.29) is 18.1 Å². The Morgan fingerprint density at radius 2 is 2.00 bits per heavy atom. The van der Waals surface area contributed by atoms with Gasteiger partial charge in [0.15, 0.2) is 0 Å². The summed E-state index contributed by atoms with van der Waals surface area (Å²) < 4.78 is 0. The summed E-state index contributed by atoms with van der Waals surface area (Å²) in [7, 11) is 0. The Hall–Kier alpha value is -0.0800. The fourth-order valence-corrected chi connectivity index (χ4v) is 0.787. The van der Waals surface area contributed by atoms with Gasteiger partial charge in [0.05, 0.1) is 6.61 Å². The lowest BCUT2D eigenvalue weighted by Crippen LogP contribution is -2.42. The minimum Gasteiger partial charge on any atom is -0.395 e. The second-order valence-corrected chi connectivity index (χ2v) is 3.51. The largest absolute Gasteiger partial charge is 0.395 e. The standard InChI is InChI=1S/C8H17NO/c1-5-9-7(6-10)8(2,3)4/h1,7,9-10H,5-6H2,2-4H3/t7-/m0/s1. The second-order valence-electron chi connectivity index (χ2n) is 3.51. The van der Waals surface area contributed by atoms with E-state index < -0.39 is 0 Å². The number of aliphatic hydroxyl groups excluding tert-OH is 1. The van der Waals surface area contributed by atoms with E-state index in [1.165, 1.54) is 0 Å². The maximum absolute atomic E-state index is 8.87. The first-order chi connectivity index (χ1) is 4.52. The molecule has 0 amide bonds. The lowest BCUT2D eigenvalue weighted by Gasteiger charge is -2.29. The van der Waals surface area contributed by atoms with Gasteiger partial charge >= 0.3 is 0 Å². The highest BCUT2D eigenvalue weighted by atomic mass is 16.3. The molecule has 0 aliphatic carbocycles. The lowest BCUT2D eigenvalue weighted by molar-refractivity contribution is 0.162. The van der Waals surface area contributed by atoms with Crippen LogP contribution in [0.2, 0.25) is 0 Å². The first-order valence-electron chi connectivity index (χ1n) is 3.56. The molecule has 2 heteroatoms. The lowest BCUT2D eigenvalue weighted by atomic mass is 9.87. The Kier molecular flexibility index (Phi) is 3.91. The molecule has 0 aliphatic heterocycles. The number of hydrogen-bond acceptors (Lipinski definition) is 2. The molecule has 1 atom stereocenters. The number of nitrogens with one attached hydrogen (secondary N) is 1. The molecule has 0 rings (SSSR count). The molecule has 0 aromatic carbocycles. The van der Waals surface area contributed by atoms with Crippen LogP contribution in [0.4, 0.5) is 0 Å². The minimum atomic E-state index is 0.0775. The Morgan fingerprint density at radius 1 is 1.50 bits per heavy atom. The predicted octanol–water partition coefficient (Wildman–Crippen LogP) is 0.694. The SMILES string of the molecule is [CH]CN[C@@H](CO)C(C)(C)C. The zero-order valence-corrected chi connectivity index (χ0v) is 7.02. The monoisotopic (exact) mass is 143 g/mol. The summed E-state index contributed by atoms with van der Waals surface area (Å²) in [5.41, 5.74) is 0.0775. The molecule has 0 fully saturated rings. The molecule has 0 aromatic rings. The first-order valence-corrected chi connectivity index (χ1v) is 3.56. The van der Waals surface area contributed by atoms with Gasteiger partial charge in [0.2, 0.25) is 0 Å². The fourth-order valence-electron chi connectivity index (χ4n) is 0.787. The molecule has 2 nitrogen and oxygen atoms in total. The van der Waals surface area contributed by atoms with Crippen LogP contribution < -0.4 is 5.32 Å². The van der Waals surface area contributed by atoms with Crippen molar-refractivity contribution in [3.05, 3.63) is 6.92 Å². The molecule has 0 unspecified atom stereocenters. The van der Waals surface area contributed by atoms with E-state index in [0.29, 0.717) is 6.54 Å². The quantitative estimate of drug-likeness (QED) is 0.609. The average molecular weight is 143 g/mol. The zero-order chi connectivity index (χ0) is 8.20. The number of aliphatic hydroxyl groups is 1. The van der Waals surface area contributed by atoms with Gasteiger partial charge in [-0.2, -0.15) is 0 Å². The van der Waals surface area contributed by atoms with Crippen LogP contribution in [0.5, 0.6) is 0 Å². The van der Waals surface area contributed by atoms with Crippen LogP contribution in [0.3, 0.4) is 0 Å². The molecule has 60 valence electrons. The normalized spacial score (nSPS) is 15.3. The maximum atomic E-state index is 8.87. The highest BCUT2D eigenvalue weighted by Gasteiger charge is 2.22. The third-order valence-electron chi connectivity index (χ3n) is 1.59. The van der Waals surface area contributed by atoms with Crippen LogP contribution in [0, 0.1) is 12.3 Å². The molecule has 0 bridgehead atoms. The van der Waals surface area contributed by atoms with E-state index in [2.05, 4.69) is 26.1 Å². The van der Waals surface area contributed by atoms with Gasteiger partial charge in [0, 0.05) is 6.04 Å². The van der Waals surface area contributed by atoms with Crippen molar-refractivity contribution in [3.63, 3.8) is 0 Å². The van der Waals surface area contributed by atoms with Gasteiger partial charge in [-0.3, -0.25) is 0 Å². The molecule has 10 heavy (non-hydrogen) atoms. The molecule has 0 saturated carbocycles. The van der Waals surface area contributed by atoms with E-state index in [4.69, 9.17) is 12.0 Å². The summed E-state index contributed by atoms with van der Waals surface area (Å²) in [5, 5.41) is 11.9. The molecule has 0 aromatic heterocycles. The van der Waals surface area contributed by atoms with Crippen molar-refractivity contribution in [1.82, 2.24) is 5.32 Å². The third kappa shape index (κ3) is 3.18. The second kappa shape index (κ2) is 3.94. The predicted molar refractivity (Wildman–Crippen MR) is 42.6 cm³/mol. The van der Waals surface area contributed by atoms with Crippen LogP contribution in [-0.2, 0) is 0 Å². The van der Waals surface area contributed by atoms with Crippen molar-refractivity contribution in [2.45, 2.75) is 26.8 Å².